The number of hydrogen-bond acceptors (Lipinski definition) is 5. The number of aromatic hydroxyl groups is 1. The molecule has 2 aromatic rings. The molecule has 0 saturated carbocycles. The second-order valence-electron chi connectivity index (χ2n) is 6.70. The molecule has 0 bridgehead atoms. The minimum atomic E-state index is 0.111. The van der Waals surface area contributed by atoms with Gasteiger partial charge in [0.05, 0.1) is 6.04 Å². The summed E-state index contributed by atoms with van der Waals surface area (Å²) in [4.78, 5) is 23.8. The molecule has 0 radical (unpaired) electrons. The molecule has 1 unspecified atom stereocenters. The molecule has 1 aliphatic heterocycles. The second-order valence-corrected chi connectivity index (χ2v) is 7.47. The lowest BCUT2D eigenvalue weighted by molar-refractivity contribution is -0.132. The van der Waals surface area contributed by atoms with Crippen molar-refractivity contribution in [3.8, 4) is 5.75 Å². The number of nitrogens with zero attached hydrogens (tertiary/aromatic N) is 3. The van der Waals surface area contributed by atoms with E-state index in [1.165, 1.54) is 11.8 Å². The standard InChI is InChI=1S/C20H25N3O2S/c1-13-17(14(2)22-20(21-13)26-3)10-11-19(25)23-12-4-5-18(23)15-6-8-16(24)9-7-15/h6-9,18,24H,4-5,10-12H2,1-3H3. The van der Waals surface area contributed by atoms with Crippen molar-refractivity contribution >= 4 is 17.7 Å². The number of likely N-dealkylation sites (tertiary alicyclic amines) is 1. The van der Waals surface area contributed by atoms with E-state index in [9.17, 15) is 9.90 Å². The van der Waals surface area contributed by atoms with E-state index in [0.717, 1.165) is 47.1 Å². The number of carbonyl (C=O) groups excluding carboxylic acids is 1. The molecule has 1 aliphatic rings. The number of rotatable bonds is 5. The molecular formula is C20H25N3O2S. The molecule has 1 fully saturated rings. The molecule has 1 aromatic heterocycles. The van der Waals surface area contributed by atoms with Gasteiger partial charge in [-0.25, -0.2) is 9.97 Å². The molecular weight excluding hydrogens is 346 g/mol. The average molecular weight is 372 g/mol. The van der Waals surface area contributed by atoms with Gasteiger partial charge >= 0.3 is 0 Å². The summed E-state index contributed by atoms with van der Waals surface area (Å²) in [6.07, 6.45) is 5.09. The van der Waals surface area contributed by atoms with Gasteiger partial charge in [-0.2, -0.15) is 0 Å². The Morgan fingerprint density at radius 2 is 1.88 bits per heavy atom. The molecule has 2 heterocycles. The summed E-state index contributed by atoms with van der Waals surface area (Å²) in [6, 6.07) is 7.31. The highest BCUT2D eigenvalue weighted by molar-refractivity contribution is 7.98. The van der Waals surface area contributed by atoms with Gasteiger partial charge < -0.3 is 10.0 Å². The first kappa shape index (κ1) is 18.7. The van der Waals surface area contributed by atoms with E-state index in [2.05, 4.69) is 9.97 Å². The molecule has 1 aromatic carbocycles. The first-order chi connectivity index (χ1) is 12.5. The Balaban J connectivity index is 1.69. The van der Waals surface area contributed by atoms with Crippen molar-refractivity contribution in [2.45, 2.75) is 50.7 Å². The number of aryl methyl sites for hydroxylation is 2. The van der Waals surface area contributed by atoms with E-state index in [-0.39, 0.29) is 17.7 Å². The van der Waals surface area contributed by atoms with Crippen molar-refractivity contribution in [3.63, 3.8) is 0 Å². The van der Waals surface area contributed by atoms with Crippen LogP contribution >= 0.6 is 11.8 Å². The number of hydrogen-bond donors (Lipinski definition) is 1. The molecule has 138 valence electrons. The summed E-state index contributed by atoms with van der Waals surface area (Å²) in [7, 11) is 0. The summed E-state index contributed by atoms with van der Waals surface area (Å²) in [5.74, 6) is 0.428. The largest absolute Gasteiger partial charge is 0.508 e. The predicted octanol–water partition coefficient (Wildman–Crippen LogP) is 3.82. The van der Waals surface area contributed by atoms with Gasteiger partial charge in [-0.3, -0.25) is 4.79 Å². The maximum absolute atomic E-state index is 12.8. The number of carbonyl (C=O) groups is 1. The minimum Gasteiger partial charge on any atom is -0.508 e. The molecule has 1 amide bonds. The number of benzene rings is 1. The van der Waals surface area contributed by atoms with E-state index in [4.69, 9.17) is 0 Å². The molecule has 6 heteroatoms. The van der Waals surface area contributed by atoms with Crippen molar-refractivity contribution in [1.82, 2.24) is 14.9 Å². The fourth-order valence-electron chi connectivity index (χ4n) is 3.65. The quantitative estimate of drug-likeness (QED) is 0.639. The molecule has 0 spiro atoms. The monoisotopic (exact) mass is 371 g/mol. The van der Waals surface area contributed by atoms with Crippen molar-refractivity contribution < 1.29 is 9.90 Å². The van der Waals surface area contributed by atoms with Crippen LogP contribution in [0.4, 0.5) is 0 Å². The van der Waals surface area contributed by atoms with Crippen LogP contribution in [0.15, 0.2) is 29.4 Å². The summed E-state index contributed by atoms with van der Waals surface area (Å²) < 4.78 is 0. The zero-order valence-electron chi connectivity index (χ0n) is 15.5. The van der Waals surface area contributed by atoms with Crippen molar-refractivity contribution in [3.05, 3.63) is 46.8 Å². The number of phenols is 1. The molecule has 5 nitrogen and oxygen atoms in total. The summed E-state index contributed by atoms with van der Waals surface area (Å²) in [6.45, 7) is 4.77. The van der Waals surface area contributed by atoms with Gasteiger partial charge in [0.2, 0.25) is 5.91 Å². The summed E-state index contributed by atoms with van der Waals surface area (Å²) >= 11 is 1.53. The van der Waals surface area contributed by atoms with Gasteiger partial charge in [-0.15, -0.1) is 0 Å². The fourth-order valence-corrected chi connectivity index (χ4v) is 4.10. The van der Waals surface area contributed by atoms with Crippen molar-refractivity contribution in [2.75, 3.05) is 12.8 Å². The normalized spacial score (nSPS) is 16.9. The van der Waals surface area contributed by atoms with Crippen LogP contribution in [0, 0.1) is 13.8 Å². The lowest BCUT2D eigenvalue weighted by Crippen LogP contribution is -2.30. The smallest absolute Gasteiger partial charge is 0.223 e. The highest BCUT2D eigenvalue weighted by atomic mass is 32.2. The Labute approximate surface area is 158 Å². The van der Waals surface area contributed by atoms with Crippen LogP contribution in [-0.2, 0) is 11.2 Å². The van der Waals surface area contributed by atoms with Gasteiger partial charge in [-0.05, 0) is 62.6 Å². The van der Waals surface area contributed by atoms with Gasteiger partial charge in [0.25, 0.3) is 0 Å². The van der Waals surface area contributed by atoms with Crippen LogP contribution in [0.3, 0.4) is 0 Å². The topological polar surface area (TPSA) is 66.3 Å². The molecule has 1 N–H and O–H groups in total. The van der Waals surface area contributed by atoms with E-state index in [1.54, 1.807) is 12.1 Å². The zero-order valence-corrected chi connectivity index (χ0v) is 16.3. The van der Waals surface area contributed by atoms with E-state index in [1.807, 2.05) is 37.1 Å². The van der Waals surface area contributed by atoms with Crippen LogP contribution in [0.1, 0.15) is 47.8 Å². The molecule has 3 rings (SSSR count). The fraction of sp³-hybridized carbons (Fsp3) is 0.450. The Kier molecular flexibility index (Phi) is 5.81. The number of aromatic nitrogens is 2. The van der Waals surface area contributed by atoms with E-state index in [0.29, 0.717) is 12.8 Å². The predicted molar refractivity (Wildman–Crippen MR) is 103 cm³/mol. The number of thioether (sulfide) groups is 1. The number of amides is 1. The number of phenolic OH excluding ortho intramolecular Hbond substituents is 1. The van der Waals surface area contributed by atoms with Crippen LogP contribution in [0.2, 0.25) is 0 Å². The lowest BCUT2D eigenvalue weighted by Gasteiger charge is -2.25. The Morgan fingerprint density at radius 1 is 1.23 bits per heavy atom. The Bertz CT molecular complexity index is 769. The maximum atomic E-state index is 12.8. The highest BCUT2D eigenvalue weighted by Gasteiger charge is 2.29. The third-order valence-corrected chi connectivity index (χ3v) is 5.57. The third kappa shape index (κ3) is 4.01. The molecule has 1 saturated heterocycles. The first-order valence-electron chi connectivity index (χ1n) is 8.96. The van der Waals surface area contributed by atoms with Crippen LogP contribution in [-0.4, -0.2) is 38.7 Å². The molecule has 0 aliphatic carbocycles. The van der Waals surface area contributed by atoms with Crippen LogP contribution in [0.5, 0.6) is 5.75 Å². The van der Waals surface area contributed by atoms with Gasteiger partial charge in [0, 0.05) is 24.4 Å². The van der Waals surface area contributed by atoms with Gasteiger partial charge in [0.1, 0.15) is 5.75 Å². The van der Waals surface area contributed by atoms with E-state index < -0.39 is 0 Å². The summed E-state index contributed by atoms with van der Waals surface area (Å²) in [5.41, 5.74) is 4.10. The Hall–Kier alpha value is -2.08. The molecule has 26 heavy (non-hydrogen) atoms. The van der Waals surface area contributed by atoms with Gasteiger partial charge in [0.15, 0.2) is 5.16 Å². The highest BCUT2D eigenvalue weighted by Crippen LogP contribution is 2.33. The van der Waals surface area contributed by atoms with E-state index >= 15 is 0 Å². The zero-order chi connectivity index (χ0) is 18.7. The third-order valence-electron chi connectivity index (χ3n) is 5.02. The first-order valence-corrected chi connectivity index (χ1v) is 10.2. The van der Waals surface area contributed by atoms with Crippen molar-refractivity contribution in [2.24, 2.45) is 0 Å². The lowest BCUT2D eigenvalue weighted by atomic mass is 10.0. The maximum Gasteiger partial charge on any atom is 0.223 e. The Morgan fingerprint density at radius 3 is 2.50 bits per heavy atom. The van der Waals surface area contributed by atoms with Gasteiger partial charge in [-0.1, -0.05) is 23.9 Å². The second kappa shape index (κ2) is 8.08. The minimum absolute atomic E-state index is 0.111. The average Bonchev–Trinajstić information content (AvgIpc) is 3.11. The van der Waals surface area contributed by atoms with Crippen molar-refractivity contribution in [1.29, 1.82) is 0 Å². The summed E-state index contributed by atoms with van der Waals surface area (Å²) in [5, 5.41) is 10.3. The van der Waals surface area contributed by atoms with Crippen LogP contribution < -0.4 is 0 Å². The molecule has 1 atom stereocenters. The van der Waals surface area contributed by atoms with Crippen LogP contribution in [0.25, 0.3) is 0 Å². The SMILES string of the molecule is CSc1nc(C)c(CCC(=O)N2CCCC2c2ccc(O)cc2)c(C)n1.